The second-order valence-corrected chi connectivity index (χ2v) is 6.15. The van der Waals surface area contributed by atoms with Gasteiger partial charge in [0.25, 0.3) is 0 Å². The van der Waals surface area contributed by atoms with Crippen LogP contribution in [0.1, 0.15) is 44.7 Å². The Hall–Kier alpha value is -1.55. The number of aromatic amines is 2. The minimum Gasteiger partial charge on any atom is -0.310 e. The fourth-order valence-electron chi connectivity index (χ4n) is 2.79. The Bertz CT molecular complexity index is 636. The van der Waals surface area contributed by atoms with Crippen LogP contribution >= 0.6 is 0 Å². The number of aromatic nitrogens is 2. The molecule has 19 heavy (non-hydrogen) atoms. The van der Waals surface area contributed by atoms with Crippen LogP contribution in [0.2, 0.25) is 0 Å². The fraction of sp³-hybridized carbons (Fsp3) is 0.533. The molecule has 1 atom stereocenters. The minimum atomic E-state index is -0.144. The second kappa shape index (κ2) is 4.53. The Morgan fingerprint density at radius 1 is 1.32 bits per heavy atom. The summed E-state index contributed by atoms with van der Waals surface area (Å²) in [5.41, 5.74) is 3.30. The summed E-state index contributed by atoms with van der Waals surface area (Å²) in [6.45, 7) is 5.59. The largest absolute Gasteiger partial charge is 0.323 e. The Morgan fingerprint density at radius 3 is 2.74 bits per heavy atom. The van der Waals surface area contributed by atoms with Gasteiger partial charge >= 0.3 is 5.69 Å². The number of imidazole rings is 1. The summed E-state index contributed by atoms with van der Waals surface area (Å²) >= 11 is 0. The van der Waals surface area contributed by atoms with Crippen LogP contribution in [-0.4, -0.2) is 16.5 Å². The third-order valence-corrected chi connectivity index (χ3v) is 4.44. The van der Waals surface area contributed by atoms with Crippen molar-refractivity contribution in [1.82, 2.24) is 15.3 Å². The van der Waals surface area contributed by atoms with Gasteiger partial charge in [-0.1, -0.05) is 19.4 Å². The number of benzene rings is 1. The highest BCUT2D eigenvalue weighted by Gasteiger charge is 2.31. The van der Waals surface area contributed by atoms with Gasteiger partial charge in [-0.3, -0.25) is 0 Å². The molecule has 4 heteroatoms. The van der Waals surface area contributed by atoms with Crippen LogP contribution in [0.5, 0.6) is 0 Å². The van der Waals surface area contributed by atoms with Gasteiger partial charge in [0.1, 0.15) is 0 Å². The molecule has 2 aromatic rings. The molecular formula is C15H21N3O. The molecule has 0 saturated heterocycles. The summed E-state index contributed by atoms with van der Waals surface area (Å²) in [7, 11) is 0. The highest BCUT2D eigenvalue weighted by Crippen LogP contribution is 2.39. The van der Waals surface area contributed by atoms with E-state index in [0.717, 1.165) is 17.6 Å². The number of hydrogen-bond donors (Lipinski definition) is 3. The maximum absolute atomic E-state index is 11.2. The van der Waals surface area contributed by atoms with E-state index in [9.17, 15) is 4.79 Å². The van der Waals surface area contributed by atoms with Crippen molar-refractivity contribution in [3.63, 3.8) is 0 Å². The monoisotopic (exact) mass is 259 g/mol. The third-order valence-electron chi connectivity index (χ3n) is 4.44. The first kappa shape index (κ1) is 12.5. The SMILES string of the molecule is CC(NCC1(C)CCC1)c1ccc2[nH]c(=O)[nH]c2c1. The highest BCUT2D eigenvalue weighted by atomic mass is 16.1. The zero-order valence-corrected chi connectivity index (χ0v) is 11.5. The molecule has 1 aliphatic carbocycles. The minimum absolute atomic E-state index is 0.144. The molecule has 0 spiro atoms. The van der Waals surface area contributed by atoms with Gasteiger partial charge in [0.2, 0.25) is 0 Å². The molecule has 1 unspecified atom stereocenters. The topological polar surface area (TPSA) is 60.7 Å². The van der Waals surface area contributed by atoms with E-state index in [-0.39, 0.29) is 5.69 Å². The van der Waals surface area contributed by atoms with E-state index in [2.05, 4.69) is 35.2 Å². The number of H-pyrrole nitrogens is 2. The normalized spacial score (nSPS) is 19.3. The summed E-state index contributed by atoms with van der Waals surface area (Å²) < 4.78 is 0. The van der Waals surface area contributed by atoms with Crippen LogP contribution in [0.4, 0.5) is 0 Å². The van der Waals surface area contributed by atoms with E-state index in [1.54, 1.807) is 0 Å². The Balaban J connectivity index is 1.73. The Kier molecular flexibility index (Phi) is 2.97. The predicted octanol–water partition coefficient (Wildman–Crippen LogP) is 2.70. The van der Waals surface area contributed by atoms with Crippen molar-refractivity contribution in [2.24, 2.45) is 5.41 Å². The standard InChI is InChI=1S/C15H21N3O/c1-10(16-9-15(2)6-3-7-15)11-4-5-12-13(8-11)18-14(19)17-12/h4-5,8,10,16H,3,6-7,9H2,1-2H3,(H2,17,18,19). The van der Waals surface area contributed by atoms with Crippen molar-refractivity contribution in [2.45, 2.75) is 39.2 Å². The number of hydrogen-bond acceptors (Lipinski definition) is 2. The predicted molar refractivity (Wildman–Crippen MR) is 77.3 cm³/mol. The molecule has 1 saturated carbocycles. The molecule has 1 aromatic heterocycles. The van der Waals surface area contributed by atoms with Gasteiger partial charge < -0.3 is 15.3 Å². The summed E-state index contributed by atoms with van der Waals surface area (Å²) in [5.74, 6) is 0. The lowest BCUT2D eigenvalue weighted by atomic mass is 9.70. The van der Waals surface area contributed by atoms with Crippen molar-refractivity contribution in [3.8, 4) is 0 Å². The Morgan fingerprint density at radius 2 is 2.05 bits per heavy atom. The average Bonchev–Trinajstić information content (AvgIpc) is 2.72. The maximum atomic E-state index is 11.2. The molecule has 1 heterocycles. The molecule has 0 amide bonds. The van der Waals surface area contributed by atoms with Crippen LogP contribution < -0.4 is 11.0 Å². The molecule has 0 bridgehead atoms. The average molecular weight is 259 g/mol. The van der Waals surface area contributed by atoms with Crippen molar-refractivity contribution in [3.05, 3.63) is 34.2 Å². The number of fused-ring (bicyclic) bond motifs is 1. The van der Waals surface area contributed by atoms with E-state index in [4.69, 9.17) is 0 Å². The Labute approximate surface area is 112 Å². The van der Waals surface area contributed by atoms with E-state index >= 15 is 0 Å². The van der Waals surface area contributed by atoms with E-state index in [1.807, 2.05) is 12.1 Å². The first-order chi connectivity index (χ1) is 9.06. The lowest BCUT2D eigenvalue weighted by molar-refractivity contribution is 0.152. The van der Waals surface area contributed by atoms with Gasteiger partial charge in [-0.25, -0.2) is 4.79 Å². The van der Waals surface area contributed by atoms with Gasteiger partial charge in [0.05, 0.1) is 11.0 Å². The molecule has 4 nitrogen and oxygen atoms in total. The smallest absolute Gasteiger partial charge is 0.310 e. The van der Waals surface area contributed by atoms with Gasteiger partial charge in [-0.15, -0.1) is 0 Å². The van der Waals surface area contributed by atoms with Crippen LogP contribution in [0.25, 0.3) is 11.0 Å². The summed E-state index contributed by atoms with van der Waals surface area (Å²) in [6, 6.07) is 6.40. The first-order valence-electron chi connectivity index (χ1n) is 7.01. The van der Waals surface area contributed by atoms with Crippen LogP contribution in [0, 0.1) is 5.41 Å². The van der Waals surface area contributed by atoms with E-state index < -0.39 is 0 Å². The van der Waals surface area contributed by atoms with Crippen LogP contribution in [0.15, 0.2) is 23.0 Å². The lowest BCUT2D eigenvalue weighted by Gasteiger charge is -2.39. The molecular weight excluding hydrogens is 238 g/mol. The quantitative estimate of drug-likeness (QED) is 0.790. The van der Waals surface area contributed by atoms with Crippen LogP contribution in [-0.2, 0) is 0 Å². The third kappa shape index (κ3) is 2.45. The first-order valence-corrected chi connectivity index (χ1v) is 7.01. The van der Waals surface area contributed by atoms with Gasteiger partial charge in [-0.2, -0.15) is 0 Å². The zero-order chi connectivity index (χ0) is 13.5. The summed E-state index contributed by atoms with van der Waals surface area (Å²) in [4.78, 5) is 16.8. The van der Waals surface area contributed by atoms with Crippen molar-refractivity contribution < 1.29 is 0 Å². The molecule has 0 aliphatic heterocycles. The van der Waals surface area contributed by atoms with Crippen molar-refractivity contribution >= 4 is 11.0 Å². The van der Waals surface area contributed by atoms with Gasteiger partial charge in [0, 0.05) is 12.6 Å². The summed E-state index contributed by atoms with van der Waals surface area (Å²) in [5, 5.41) is 3.61. The molecule has 3 N–H and O–H groups in total. The van der Waals surface area contributed by atoms with Gasteiger partial charge in [0.15, 0.2) is 0 Å². The van der Waals surface area contributed by atoms with Gasteiger partial charge in [-0.05, 0) is 42.9 Å². The molecule has 1 aromatic carbocycles. The van der Waals surface area contributed by atoms with E-state index in [1.165, 1.54) is 24.8 Å². The molecule has 1 fully saturated rings. The van der Waals surface area contributed by atoms with E-state index in [0.29, 0.717) is 11.5 Å². The highest BCUT2D eigenvalue weighted by molar-refractivity contribution is 5.75. The molecule has 0 radical (unpaired) electrons. The zero-order valence-electron chi connectivity index (χ0n) is 11.5. The number of nitrogens with one attached hydrogen (secondary N) is 3. The molecule has 3 rings (SSSR count). The van der Waals surface area contributed by atoms with Crippen molar-refractivity contribution in [1.29, 1.82) is 0 Å². The maximum Gasteiger partial charge on any atom is 0.323 e. The second-order valence-electron chi connectivity index (χ2n) is 6.15. The molecule has 1 aliphatic rings. The van der Waals surface area contributed by atoms with Crippen LogP contribution in [0.3, 0.4) is 0 Å². The fourth-order valence-corrected chi connectivity index (χ4v) is 2.79. The summed E-state index contributed by atoms with van der Waals surface area (Å²) in [6.07, 6.45) is 4.02. The van der Waals surface area contributed by atoms with Crippen molar-refractivity contribution in [2.75, 3.05) is 6.54 Å². The number of rotatable bonds is 4. The molecule has 102 valence electrons. The lowest BCUT2D eigenvalue weighted by Crippen LogP contribution is -2.38.